The number of hydrogen-bond acceptors (Lipinski definition) is 5. The third-order valence-electron chi connectivity index (χ3n) is 5.86. The van der Waals surface area contributed by atoms with Crippen LogP contribution in [-0.4, -0.2) is 60.4 Å². The molecule has 0 unspecified atom stereocenters. The Hall–Kier alpha value is -3.12. The van der Waals surface area contributed by atoms with Gasteiger partial charge in [-0.1, -0.05) is 43.7 Å². The normalized spacial score (nSPS) is 17.7. The maximum atomic E-state index is 13.1. The summed E-state index contributed by atoms with van der Waals surface area (Å²) in [6.07, 6.45) is 2.74. The lowest BCUT2D eigenvalue weighted by Gasteiger charge is -2.26. The number of nitrogens with zero attached hydrogens (tertiary/aromatic N) is 2. The highest BCUT2D eigenvalue weighted by Gasteiger charge is 2.45. The van der Waals surface area contributed by atoms with E-state index < -0.39 is 17.7 Å². The molecule has 0 spiro atoms. The summed E-state index contributed by atoms with van der Waals surface area (Å²) in [5.41, 5.74) is 2.31. The molecule has 0 aliphatic carbocycles. The Kier molecular flexibility index (Phi) is 8.28. The van der Waals surface area contributed by atoms with Crippen LogP contribution in [0, 0.1) is 6.92 Å². The molecule has 1 aliphatic rings. The summed E-state index contributed by atoms with van der Waals surface area (Å²) in [4.78, 5) is 29.7. The van der Waals surface area contributed by atoms with Gasteiger partial charge in [0.05, 0.1) is 18.2 Å². The Balaban J connectivity index is 1.99. The van der Waals surface area contributed by atoms with Crippen LogP contribution in [0.1, 0.15) is 48.9 Å². The Morgan fingerprint density at radius 1 is 1.09 bits per heavy atom. The molecule has 1 atom stereocenters. The Bertz CT molecular complexity index is 1010. The van der Waals surface area contributed by atoms with E-state index in [1.807, 2.05) is 62.3 Å². The zero-order chi connectivity index (χ0) is 24.0. The van der Waals surface area contributed by atoms with Crippen LogP contribution in [0.2, 0.25) is 0 Å². The molecule has 0 aromatic heterocycles. The lowest BCUT2D eigenvalue weighted by molar-refractivity contribution is -0.139. The molecule has 1 aliphatic heterocycles. The number of rotatable bonds is 10. The zero-order valence-corrected chi connectivity index (χ0v) is 20.0. The number of hydrogen-bond donors (Lipinski definition) is 1. The van der Waals surface area contributed by atoms with Gasteiger partial charge in [0.15, 0.2) is 0 Å². The first-order valence-electron chi connectivity index (χ1n) is 11.6. The van der Waals surface area contributed by atoms with Crippen molar-refractivity contribution in [2.24, 2.45) is 0 Å². The van der Waals surface area contributed by atoms with Crippen LogP contribution >= 0.6 is 0 Å². The number of likely N-dealkylation sites (tertiary alicyclic amines) is 1. The number of aliphatic hydroxyl groups excluding tert-OH is 1. The summed E-state index contributed by atoms with van der Waals surface area (Å²) < 4.78 is 5.82. The molecule has 0 saturated carbocycles. The number of aryl methyl sites for hydroxylation is 1. The zero-order valence-electron chi connectivity index (χ0n) is 20.0. The third-order valence-corrected chi connectivity index (χ3v) is 5.86. The fraction of sp³-hybridized carbons (Fsp3) is 0.407. The summed E-state index contributed by atoms with van der Waals surface area (Å²) in [6, 6.07) is 14.2. The van der Waals surface area contributed by atoms with Gasteiger partial charge in [-0.15, -0.1) is 0 Å². The SMILES string of the molecule is CCCCOc1ccc(/C(O)=C2\C(=O)C(=O)N(CCCN(C)C)[C@@H]2c2ccccc2)cc1C. The number of Topliss-reactive ketones (excluding diaryl/α,β-unsaturated/α-hetero) is 1. The number of ketones is 1. The fourth-order valence-corrected chi connectivity index (χ4v) is 4.09. The van der Waals surface area contributed by atoms with Gasteiger partial charge in [-0.05, 0) is 69.7 Å². The molecule has 33 heavy (non-hydrogen) atoms. The molecular weight excluding hydrogens is 416 g/mol. The van der Waals surface area contributed by atoms with Crippen LogP contribution in [-0.2, 0) is 9.59 Å². The highest BCUT2D eigenvalue weighted by atomic mass is 16.5. The van der Waals surface area contributed by atoms with Gasteiger partial charge < -0.3 is 19.6 Å². The van der Waals surface area contributed by atoms with Crippen molar-refractivity contribution >= 4 is 17.4 Å². The molecule has 0 bridgehead atoms. The number of aliphatic hydroxyl groups is 1. The van der Waals surface area contributed by atoms with Gasteiger partial charge in [0.2, 0.25) is 0 Å². The minimum absolute atomic E-state index is 0.134. The van der Waals surface area contributed by atoms with E-state index in [0.717, 1.165) is 42.7 Å². The maximum Gasteiger partial charge on any atom is 0.295 e. The maximum absolute atomic E-state index is 13.1. The fourth-order valence-electron chi connectivity index (χ4n) is 4.09. The molecule has 1 amide bonds. The average Bonchev–Trinajstić information content (AvgIpc) is 3.05. The molecule has 0 radical (unpaired) electrons. The van der Waals surface area contributed by atoms with Crippen LogP contribution in [0.3, 0.4) is 0 Å². The van der Waals surface area contributed by atoms with Crippen molar-refractivity contribution in [2.45, 2.75) is 39.2 Å². The molecule has 176 valence electrons. The van der Waals surface area contributed by atoms with Crippen LogP contribution in [0.4, 0.5) is 0 Å². The summed E-state index contributed by atoms with van der Waals surface area (Å²) in [5.74, 6) is -0.614. The highest BCUT2D eigenvalue weighted by molar-refractivity contribution is 6.46. The van der Waals surface area contributed by atoms with Crippen molar-refractivity contribution in [2.75, 3.05) is 33.8 Å². The van der Waals surface area contributed by atoms with E-state index >= 15 is 0 Å². The molecule has 1 saturated heterocycles. The van der Waals surface area contributed by atoms with Crippen LogP contribution < -0.4 is 4.74 Å². The van der Waals surface area contributed by atoms with Gasteiger partial charge in [-0.2, -0.15) is 0 Å². The van der Waals surface area contributed by atoms with Crippen LogP contribution in [0.15, 0.2) is 54.1 Å². The molecule has 6 nitrogen and oxygen atoms in total. The van der Waals surface area contributed by atoms with E-state index in [1.54, 1.807) is 17.0 Å². The minimum atomic E-state index is -0.646. The molecule has 2 aromatic rings. The predicted molar refractivity (Wildman–Crippen MR) is 130 cm³/mol. The Labute approximate surface area is 196 Å². The molecule has 1 fully saturated rings. The lowest BCUT2D eigenvalue weighted by Crippen LogP contribution is -2.32. The minimum Gasteiger partial charge on any atom is -0.507 e. The standard InChI is InChI=1S/C27H34N2O4/c1-5-6-17-33-22-14-13-21(18-19(22)2)25(30)23-24(20-11-8-7-9-12-20)29(27(32)26(23)31)16-10-15-28(3)4/h7-9,11-14,18,24,30H,5-6,10,15-17H2,1-4H3/b25-23+/t24-/m1/s1. The third kappa shape index (κ3) is 5.63. The topological polar surface area (TPSA) is 70.1 Å². The summed E-state index contributed by atoms with van der Waals surface area (Å²) in [7, 11) is 3.95. The number of carbonyl (C=O) groups is 2. The van der Waals surface area contributed by atoms with E-state index in [4.69, 9.17) is 4.74 Å². The number of ether oxygens (including phenoxy) is 1. The van der Waals surface area contributed by atoms with Crippen molar-refractivity contribution < 1.29 is 19.4 Å². The number of benzene rings is 2. The first kappa shape index (κ1) is 24.5. The molecule has 2 aromatic carbocycles. The second-order valence-electron chi connectivity index (χ2n) is 8.74. The van der Waals surface area contributed by atoms with Crippen LogP contribution in [0.25, 0.3) is 5.76 Å². The molecule has 3 rings (SSSR count). The molecule has 6 heteroatoms. The quantitative estimate of drug-likeness (QED) is 0.249. The second-order valence-corrected chi connectivity index (χ2v) is 8.74. The van der Waals surface area contributed by atoms with Crippen molar-refractivity contribution in [1.82, 2.24) is 9.80 Å². The first-order valence-corrected chi connectivity index (χ1v) is 11.6. The first-order chi connectivity index (χ1) is 15.8. The smallest absolute Gasteiger partial charge is 0.295 e. The number of unbranched alkanes of at least 4 members (excludes halogenated alkanes) is 1. The largest absolute Gasteiger partial charge is 0.507 e. The molecule has 1 N–H and O–H groups in total. The summed E-state index contributed by atoms with van der Waals surface area (Å²) >= 11 is 0. The molecular formula is C27H34N2O4. The highest BCUT2D eigenvalue weighted by Crippen LogP contribution is 2.39. The Morgan fingerprint density at radius 3 is 2.45 bits per heavy atom. The van der Waals surface area contributed by atoms with Crippen molar-refractivity contribution in [3.63, 3.8) is 0 Å². The van der Waals surface area contributed by atoms with Gasteiger partial charge in [0, 0.05) is 12.1 Å². The predicted octanol–water partition coefficient (Wildman–Crippen LogP) is 4.55. The van der Waals surface area contributed by atoms with Gasteiger partial charge >= 0.3 is 0 Å². The van der Waals surface area contributed by atoms with E-state index in [1.165, 1.54) is 0 Å². The monoisotopic (exact) mass is 450 g/mol. The van der Waals surface area contributed by atoms with E-state index in [-0.39, 0.29) is 11.3 Å². The number of amides is 1. The van der Waals surface area contributed by atoms with Crippen molar-refractivity contribution in [1.29, 1.82) is 0 Å². The lowest BCUT2D eigenvalue weighted by atomic mass is 9.95. The number of carbonyl (C=O) groups excluding carboxylic acids is 2. The summed E-state index contributed by atoms with van der Waals surface area (Å²) in [5, 5.41) is 11.2. The van der Waals surface area contributed by atoms with Gasteiger partial charge in [0.1, 0.15) is 11.5 Å². The van der Waals surface area contributed by atoms with Crippen molar-refractivity contribution in [3.05, 3.63) is 70.8 Å². The summed E-state index contributed by atoms with van der Waals surface area (Å²) in [6.45, 7) is 5.88. The Morgan fingerprint density at radius 2 is 1.82 bits per heavy atom. The van der Waals surface area contributed by atoms with E-state index in [0.29, 0.717) is 18.7 Å². The van der Waals surface area contributed by atoms with E-state index in [9.17, 15) is 14.7 Å². The van der Waals surface area contributed by atoms with E-state index in [2.05, 4.69) is 6.92 Å². The van der Waals surface area contributed by atoms with Gasteiger partial charge in [-0.25, -0.2) is 0 Å². The second kappa shape index (κ2) is 11.1. The molecule has 1 heterocycles. The van der Waals surface area contributed by atoms with Crippen LogP contribution in [0.5, 0.6) is 5.75 Å². The average molecular weight is 451 g/mol. The van der Waals surface area contributed by atoms with Gasteiger partial charge in [0.25, 0.3) is 11.7 Å². The van der Waals surface area contributed by atoms with Crippen molar-refractivity contribution in [3.8, 4) is 5.75 Å². The van der Waals surface area contributed by atoms with Gasteiger partial charge in [-0.3, -0.25) is 9.59 Å².